The summed E-state index contributed by atoms with van der Waals surface area (Å²) in [7, 11) is 0. The molecule has 2 unspecified atom stereocenters. The van der Waals surface area contributed by atoms with Crippen LogP contribution in [0.25, 0.3) is 0 Å². The Bertz CT molecular complexity index is 1270. The minimum Gasteiger partial charge on any atom is -0.454 e. The first-order valence-electron chi connectivity index (χ1n) is 12.6. The van der Waals surface area contributed by atoms with Crippen molar-refractivity contribution >= 4 is 35.9 Å². The number of nitrogens with one attached hydrogen (secondary N) is 1. The van der Waals surface area contributed by atoms with Gasteiger partial charge >= 0.3 is 0 Å². The number of thioether (sulfide) groups is 1. The molecule has 1 fully saturated rings. The largest absolute Gasteiger partial charge is 0.454 e. The van der Waals surface area contributed by atoms with E-state index in [0.29, 0.717) is 59.9 Å². The molecule has 5 N–H and O–H groups in total. The number of aromatic nitrogens is 1. The van der Waals surface area contributed by atoms with Crippen molar-refractivity contribution < 1.29 is 19.1 Å². The van der Waals surface area contributed by atoms with Gasteiger partial charge < -0.3 is 26.4 Å². The van der Waals surface area contributed by atoms with Gasteiger partial charge in [0.1, 0.15) is 28.2 Å². The summed E-state index contributed by atoms with van der Waals surface area (Å²) >= 11 is 1.10. The number of carbonyl (C=O) groups excluding carboxylic acids is 3. The Morgan fingerprint density at radius 2 is 1.90 bits per heavy atom. The lowest BCUT2D eigenvalue weighted by Gasteiger charge is -2.34. The molecule has 0 saturated carbocycles. The third-order valence-electron chi connectivity index (χ3n) is 6.50. The van der Waals surface area contributed by atoms with Crippen LogP contribution in [0.5, 0.6) is 0 Å². The Labute approximate surface area is 231 Å². The standard InChI is InChI=1S/C27H31N7O4S/c1-2-19-20(14-29)25(34-12-9-18(10-13-34)32-26(37)22(8-11-28)38-16-35)33-27(21(19)15-30)39-23(24(31)36)17-6-4-3-5-7-17/h3-7,16,18,22-23H,2,8-13,28H2,1H3,(H2,31,36)(H,32,37). The number of pyridine rings is 1. The highest BCUT2D eigenvalue weighted by Crippen LogP contribution is 2.39. The zero-order valence-corrected chi connectivity index (χ0v) is 22.4. The molecule has 3 rings (SSSR count). The molecule has 1 aromatic carbocycles. The smallest absolute Gasteiger partial charge is 0.293 e. The lowest BCUT2D eigenvalue weighted by molar-refractivity contribution is -0.145. The number of anilines is 1. The van der Waals surface area contributed by atoms with Crippen LogP contribution in [0, 0.1) is 22.7 Å². The van der Waals surface area contributed by atoms with E-state index in [1.165, 1.54) is 0 Å². The van der Waals surface area contributed by atoms with E-state index in [2.05, 4.69) is 17.5 Å². The van der Waals surface area contributed by atoms with Crippen molar-refractivity contribution in [2.45, 2.75) is 55.0 Å². The van der Waals surface area contributed by atoms with Crippen LogP contribution in [-0.4, -0.2) is 55.1 Å². The van der Waals surface area contributed by atoms with E-state index in [1.807, 2.05) is 17.9 Å². The number of piperidine rings is 1. The highest BCUT2D eigenvalue weighted by atomic mass is 32.2. The van der Waals surface area contributed by atoms with Gasteiger partial charge in [-0.2, -0.15) is 10.5 Å². The summed E-state index contributed by atoms with van der Waals surface area (Å²) in [5.41, 5.74) is 13.1. The van der Waals surface area contributed by atoms with Crippen LogP contribution < -0.4 is 21.7 Å². The van der Waals surface area contributed by atoms with Crippen LogP contribution in [0.1, 0.15) is 53.7 Å². The van der Waals surface area contributed by atoms with Gasteiger partial charge in [0.2, 0.25) is 5.91 Å². The minimum absolute atomic E-state index is 0.162. The molecule has 0 radical (unpaired) electrons. The molecule has 2 heterocycles. The third kappa shape index (κ3) is 7.05. The number of benzene rings is 1. The van der Waals surface area contributed by atoms with Gasteiger partial charge in [0, 0.05) is 25.6 Å². The van der Waals surface area contributed by atoms with E-state index in [4.69, 9.17) is 21.2 Å². The molecule has 39 heavy (non-hydrogen) atoms. The van der Waals surface area contributed by atoms with E-state index in [0.717, 1.165) is 11.8 Å². The number of carbonyl (C=O) groups is 3. The topological polar surface area (TPSA) is 188 Å². The molecular weight excluding hydrogens is 518 g/mol. The second-order valence-corrected chi connectivity index (χ2v) is 10.0. The lowest BCUT2D eigenvalue weighted by Crippen LogP contribution is -2.48. The quantitative estimate of drug-likeness (QED) is 0.259. The Morgan fingerprint density at radius 3 is 2.44 bits per heavy atom. The van der Waals surface area contributed by atoms with Crippen LogP contribution in [0.15, 0.2) is 35.4 Å². The van der Waals surface area contributed by atoms with Crippen molar-refractivity contribution in [1.82, 2.24) is 10.3 Å². The van der Waals surface area contributed by atoms with Crippen molar-refractivity contribution in [2.75, 3.05) is 24.5 Å². The highest BCUT2D eigenvalue weighted by Gasteiger charge is 2.30. The lowest BCUT2D eigenvalue weighted by atomic mass is 9.99. The average molecular weight is 550 g/mol. The Hall–Kier alpha value is -4.13. The van der Waals surface area contributed by atoms with E-state index in [9.17, 15) is 24.9 Å². The molecule has 1 aromatic heterocycles. The monoisotopic (exact) mass is 549 g/mol. The Balaban J connectivity index is 1.88. The summed E-state index contributed by atoms with van der Waals surface area (Å²) < 4.78 is 4.86. The molecule has 1 aliphatic rings. The summed E-state index contributed by atoms with van der Waals surface area (Å²) in [6.07, 6.45) is 0.830. The predicted molar refractivity (Wildman–Crippen MR) is 145 cm³/mol. The molecule has 1 aliphatic heterocycles. The molecule has 12 heteroatoms. The maximum Gasteiger partial charge on any atom is 0.293 e. The van der Waals surface area contributed by atoms with Gasteiger partial charge in [-0.1, -0.05) is 49.0 Å². The Kier molecular flexibility index (Phi) is 10.7. The Morgan fingerprint density at radius 1 is 1.23 bits per heavy atom. The summed E-state index contributed by atoms with van der Waals surface area (Å²) in [6, 6.07) is 13.3. The van der Waals surface area contributed by atoms with Gasteiger partial charge in [-0.25, -0.2) is 4.98 Å². The molecule has 11 nitrogen and oxygen atoms in total. The summed E-state index contributed by atoms with van der Waals surface area (Å²) in [4.78, 5) is 42.3. The number of primary amides is 1. The number of hydrogen-bond donors (Lipinski definition) is 3. The van der Waals surface area contributed by atoms with Crippen LogP contribution >= 0.6 is 11.8 Å². The minimum atomic E-state index is -0.939. The maximum absolute atomic E-state index is 12.5. The first-order valence-corrected chi connectivity index (χ1v) is 13.5. The first kappa shape index (κ1) is 29.4. The fourth-order valence-corrected chi connectivity index (χ4v) is 5.59. The second-order valence-electron chi connectivity index (χ2n) is 8.93. The van der Waals surface area contributed by atoms with Crippen LogP contribution in [0.2, 0.25) is 0 Å². The fourth-order valence-electron chi connectivity index (χ4n) is 4.54. The second kappa shape index (κ2) is 14.1. The summed E-state index contributed by atoms with van der Waals surface area (Å²) in [6.45, 7) is 3.27. The SMILES string of the molecule is CCc1c(C#N)c(SC(C(N)=O)c2ccccc2)nc(N2CCC(NC(=O)C(CCN)OC=O)CC2)c1C#N. The molecule has 2 aromatic rings. The van der Waals surface area contributed by atoms with Gasteiger partial charge in [-0.3, -0.25) is 14.4 Å². The predicted octanol–water partition coefficient (Wildman–Crippen LogP) is 1.68. The third-order valence-corrected chi connectivity index (χ3v) is 7.76. The summed E-state index contributed by atoms with van der Waals surface area (Å²) in [5, 5.41) is 22.5. The maximum atomic E-state index is 12.5. The zero-order chi connectivity index (χ0) is 28.4. The van der Waals surface area contributed by atoms with E-state index in [1.54, 1.807) is 24.3 Å². The number of hydrogen-bond acceptors (Lipinski definition) is 10. The molecule has 204 valence electrons. The molecule has 2 amide bonds. The normalized spacial score (nSPS) is 14.9. The number of rotatable bonds is 12. The van der Waals surface area contributed by atoms with Crippen LogP contribution in [-0.2, 0) is 25.5 Å². The molecular formula is C27H31N7O4S. The summed E-state index contributed by atoms with van der Waals surface area (Å²) in [5.74, 6) is -0.531. The van der Waals surface area contributed by atoms with Gasteiger partial charge in [0.05, 0.1) is 11.1 Å². The highest BCUT2D eigenvalue weighted by molar-refractivity contribution is 8.00. The van der Waals surface area contributed by atoms with Crippen molar-refractivity contribution in [1.29, 1.82) is 10.5 Å². The van der Waals surface area contributed by atoms with Gasteiger partial charge in [0.15, 0.2) is 6.10 Å². The average Bonchev–Trinajstić information content (AvgIpc) is 2.95. The number of nitriles is 2. The van der Waals surface area contributed by atoms with Crippen LogP contribution in [0.3, 0.4) is 0 Å². The molecule has 0 spiro atoms. The molecule has 0 aliphatic carbocycles. The molecule has 1 saturated heterocycles. The van der Waals surface area contributed by atoms with Crippen LogP contribution in [0.4, 0.5) is 5.82 Å². The number of amides is 2. The van der Waals surface area contributed by atoms with Gasteiger partial charge in [-0.15, -0.1) is 0 Å². The fraction of sp³-hybridized carbons (Fsp3) is 0.407. The number of nitrogens with zero attached hydrogens (tertiary/aromatic N) is 4. The van der Waals surface area contributed by atoms with Crippen molar-refractivity contribution in [3.8, 4) is 12.1 Å². The van der Waals surface area contributed by atoms with Gasteiger partial charge in [-0.05, 0) is 36.9 Å². The number of nitrogens with two attached hydrogens (primary N) is 2. The van der Waals surface area contributed by atoms with E-state index < -0.39 is 23.2 Å². The van der Waals surface area contributed by atoms with Gasteiger partial charge in [0.25, 0.3) is 12.4 Å². The van der Waals surface area contributed by atoms with Crippen molar-refractivity contribution in [2.24, 2.45) is 11.5 Å². The van der Waals surface area contributed by atoms with Crippen molar-refractivity contribution in [3.05, 3.63) is 52.6 Å². The van der Waals surface area contributed by atoms with E-state index in [-0.39, 0.29) is 31.0 Å². The molecule has 2 atom stereocenters. The number of ether oxygens (including phenoxy) is 1. The van der Waals surface area contributed by atoms with E-state index >= 15 is 0 Å². The van der Waals surface area contributed by atoms with Crippen molar-refractivity contribution in [3.63, 3.8) is 0 Å². The molecule has 0 bridgehead atoms. The zero-order valence-electron chi connectivity index (χ0n) is 21.6. The first-order chi connectivity index (χ1) is 18.9.